The fraction of sp³-hybridized carbons (Fsp3) is 0.667. The molecule has 0 unspecified atom stereocenters. The van der Waals surface area contributed by atoms with Crippen molar-refractivity contribution >= 4 is 44.1 Å². The van der Waals surface area contributed by atoms with Crippen molar-refractivity contribution < 1.29 is 80.9 Å². The smallest absolute Gasteiger partial charge is 0.308 e. The minimum atomic E-state index is -2.33. The molecule has 1 aromatic carbocycles. The molecule has 3 rings (SSSR count). The summed E-state index contributed by atoms with van der Waals surface area (Å²) in [4.78, 5) is 74.1. The largest absolute Gasteiger partial charge is 0.543 e. The first kappa shape index (κ1) is 44.3. The van der Waals surface area contributed by atoms with Crippen LogP contribution in [0.25, 0.3) is 0 Å². The Morgan fingerprint density at radius 1 is 0.741 bits per heavy atom. The Morgan fingerprint density at radius 2 is 1.28 bits per heavy atom. The molecule has 2 heterocycles. The summed E-state index contributed by atoms with van der Waals surface area (Å²) in [6, 6.07) is 6.81. The fourth-order valence-electron chi connectivity index (χ4n) is 5.76. The van der Waals surface area contributed by atoms with Gasteiger partial charge in [0.25, 0.3) is 0 Å². The molecule has 18 heteroatoms. The van der Waals surface area contributed by atoms with Crippen molar-refractivity contribution in [1.29, 1.82) is 0 Å². The van der Waals surface area contributed by atoms with Gasteiger partial charge in [0.1, 0.15) is 42.9 Å². The lowest BCUT2D eigenvalue weighted by Gasteiger charge is -2.48. The number of aliphatic hydroxyl groups excluding tert-OH is 1. The van der Waals surface area contributed by atoms with Gasteiger partial charge in [0.2, 0.25) is 8.32 Å². The first-order valence-electron chi connectivity index (χ1n) is 17.4. The maximum absolute atomic E-state index is 12.7. The van der Waals surface area contributed by atoms with Crippen molar-refractivity contribution in [2.75, 3.05) is 13.7 Å². The molecule has 2 saturated heterocycles. The predicted molar refractivity (Wildman–Crippen MR) is 187 cm³/mol. The topological polar surface area (TPSA) is 215 Å². The molecular weight excluding hydrogens is 732 g/mol. The molecule has 0 saturated carbocycles. The zero-order valence-corrected chi connectivity index (χ0v) is 33.5. The van der Waals surface area contributed by atoms with Crippen LogP contribution in [0.15, 0.2) is 24.3 Å². The Hall–Kier alpha value is -4.10. The molecule has 10 atom stereocenters. The van der Waals surface area contributed by atoms with Crippen molar-refractivity contribution in [3.63, 3.8) is 0 Å². The average Bonchev–Trinajstić information content (AvgIpc) is 3.04. The molecule has 1 N–H and O–H groups in total. The molecule has 0 spiro atoms. The van der Waals surface area contributed by atoms with Gasteiger partial charge in [-0.25, -0.2) is 0 Å². The summed E-state index contributed by atoms with van der Waals surface area (Å²) >= 11 is 0. The third kappa shape index (κ3) is 11.7. The number of esters is 6. The number of hydrogen-bond donors (Lipinski definition) is 1. The molecule has 2 fully saturated rings. The lowest BCUT2D eigenvalue weighted by molar-refractivity contribution is -0.344. The van der Waals surface area contributed by atoms with Crippen LogP contribution in [0.4, 0.5) is 0 Å². The SMILES string of the molecule is COC(=O)C[C@H]1O[C@H](c2cccc(O[Si](C)(C)C(C)(C)C)c2)[C@@H](O)[C@@H](O[C@H]2O[C@H](COC(C)=O)[C@@H](OC(C)=O)[C@H](OC(C)=O)[C@@H]2OC(C)=O)[C@@H]1OC(C)=O. The average molecular weight is 785 g/mol. The molecule has 0 aromatic heterocycles. The van der Waals surface area contributed by atoms with Gasteiger partial charge in [0.15, 0.2) is 30.7 Å². The second kappa shape index (κ2) is 18.5. The van der Waals surface area contributed by atoms with Gasteiger partial charge in [-0.1, -0.05) is 32.9 Å². The van der Waals surface area contributed by atoms with E-state index in [1.165, 1.54) is 0 Å². The van der Waals surface area contributed by atoms with Crippen molar-refractivity contribution in [3.05, 3.63) is 29.8 Å². The van der Waals surface area contributed by atoms with E-state index in [2.05, 4.69) is 33.9 Å². The summed E-state index contributed by atoms with van der Waals surface area (Å²) in [5, 5.41) is 11.9. The van der Waals surface area contributed by atoms with Crippen LogP contribution in [0.1, 0.15) is 73.5 Å². The standard InChI is InChI=1S/C36H52O17Si/c1-18(37)45-17-26-31(47-20(3)39)33(48-21(4)40)34(49-22(5)41)35(51-26)52-32-28(43)29(50-25(16-27(42)44-9)30(32)46-19(2)38)23-13-12-14-24(15-23)53-54(10,11)36(6,7)8/h12-15,25-26,28-35,43H,16-17H2,1-11H3/t25-,26-,28-,29-,30-,31-,32-,33+,34+,35-/m1/s1. The molecule has 0 aliphatic carbocycles. The normalized spacial score (nSPS) is 28.5. The quantitative estimate of drug-likeness (QED) is 0.173. The van der Waals surface area contributed by atoms with E-state index in [0.29, 0.717) is 11.3 Å². The predicted octanol–water partition coefficient (Wildman–Crippen LogP) is 2.83. The van der Waals surface area contributed by atoms with Crippen LogP contribution in [-0.4, -0.2) is 118 Å². The van der Waals surface area contributed by atoms with Gasteiger partial charge in [-0.15, -0.1) is 0 Å². The molecular formula is C36H52O17Si. The lowest BCUT2D eigenvalue weighted by Crippen LogP contribution is -2.65. The highest BCUT2D eigenvalue weighted by molar-refractivity contribution is 6.74. The van der Waals surface area contributed by atoms with E-state index in [0.717, 1.165) is 41.7 Å². The van der Waals surface area contributed by atoms with Gasteiger partial charge < -0.3 is 52.2 Å². The van der Waals surface area contributed by atoms with Gasteiger partial charge in [0.05, 0.1) is 13.5 Å². The van der Waals surface area contributed by atoms with Crippen LogP contribution in [0.5, 0.6) is 5.75 Å². The van der Waals surface area contributed by atoms with Crippen LogP contribution in [0.3, 0.4) is 0 Å². The van der Waals surface area contributed by atoms with E-state index in [1.807, 2.05) is 0 Å². The first-order chi connectivity index (χ1) is 25.0. The summed E-state index contributed by atoms with van der Waals surface area (Å²) in [7, 11) is -1.17. The molecule has 17 nitrogen and oxygen atoms in total. The Balaban J connectivity index is 2.18. The van der Waals surface area contributed by atoms with Gasteiger partial charge in [-0.2, -0.15) is 0 Å². The second-order valence-corrected chi connectivity index (χ2v) is 19.3. The molecule has 2 aliphatic rings. The van der Waals surface area contributed by atoms with Crippen molar-refractivity contribution in [2.45, 2.75) is 141 Å². The number of benzene rings is 1. The van der Waals surface area contributed by atoms with Crippen LogP contribution < -0.4 is 4.43 Å². The molecule has 0 bridgehead atoms. The minimum absolute atomic E-state index is 0.143. The van der Waals surface area contributed by atoms with Gasteiger partial charge in [0, 0.05) is 34.6 Å². The number of ether oxygens (including phenoxy) is 9. The molecule has 54 heavy (non-hydrogen) atoms. The van der Waals surface area contributed by atoms with Crippen LogP contribution >= 0.6 is 0 Å². The second-order valence-electron chi connectivity index (χ2n) is 14.5. The highest BCUT2D eigenvalue weighted by Gasteiger charge is 2.57. The van der Waals surface area contributed by atoms with Crippen LogP contribution in [0.2, 0.25) is 18.1 Å². The fourth-order valence-corrected chi connectivity index (χ4v) is 6.78. The van der Waals surface area contributed by atoms with Gasteiger partial charge >= 0.3 is 35.8 Å². The third-order valence-electron chi connectivity index (χ3n) is 9.16. The summed E-state index contributed by atoms with van der Waals surface area (Å²) in [5.41, 5.74) is 0.407. The van der Waals surface area contributed by atoms with E-state index in [4.69, 9.17) is 47.1 Å². The first-order valence-corrected chi connectivity index (χ1v) is 20.3. The summed E-state index contributed by atoms with van der Waals surface area (Å²) < 4.78 is 57.4. The van der Waals surface area contributed by atoms with Gasteiger partial charge in [-0.3, -0.25) is 28.8 Å². The molecule has 2 aliphatic heterocycles. The Bertz CT molecular complexity index is 1520. The van der Waals surface area contributed by atoms with Crippen molar-refractivity contribution in [2.24, 2.45) is 0 Å². The number of carbonyl (C=O) groups excluding carboxylic acids is 6. The van der Waals surface area contributed by atoms with E-state index in [1.54, 1.807) is 24.3 Å². The zero-order chi connectivity index (χ0) is 40.7. The maximum atomic E-state index is 12.7. The monoisotopic (exact) mass is 784 g/mol. The van der Waals surface area contributed by atoms with Gasteiger partial charge in [-0.05, 0) is 35.8 Å². The number of methoxy groups -OCH3 is 1. The molecule has 0 amide bonds. The highest BCUT2D eigenvalue weighted by Crippen LogP contribution is 2.42. The minimum Gasteiger partial charge on any atom is -0.543 e. The van der Waals surface area contributed by atoms with E-state index in [9.17, 15) is 33.9 Å². The van der Waals surface area contributed by atoms with Crippen molar-refractivity contribution in [3.8, 4) is 5.75 Å². The third-order valence-corrected chi connectivity index (χ3v) is 13.5. The molecule has 0 radical (unpaired) electrons. The number of aliphatic hydroxyl groups is 1. The highest BCUT2D eigenvalue weighted by atomic mass is 28.4. The number of hydrogen-bond acceptors (Lipinski definition) is 17. The summed E-state index contributed by atoms with van der Waals surface area (Å²) in [6.07, 6.45) is -15.7. The van der Waals surface area contributed by atoms with Crippen LogP contribution in [0, 0.1) is 0 Å². The molecule has 1 aromatic rings. The van der Waals surface area contributed by atoms with Crippen molar-refractivity contribution in [1.82, 2.24) is 0 Å². The maximum Gasteiger partial charge on any atom is 0.308 e. The molecule has 302 valence electrons. The Kier molecular flexibility index (Phi) is 15.2. The Morgan fingerprint density at radius 3 is 1.80 bits per heavy atom. The van der Waals surface area contributed by atoms with Crippen LogP contribution in [-0.2, 0) is 71.4 Å². The summed E-state index contributed by atoms with van der Waals surface area (Å²) in [6.45, 7) is 15.3. The van der Waals surface area contributed by atoms with E-state index in [-0.39, 0.29) is 5.04 Å². The zero-order valence-electron chi connectivity index (χ0n) is 32.5. The van der Waals surface area contributed by atoms with E-state index < -0.39 is 118 Å². The Labute approximate surface area is 315 Å². The lowest BCUT2D eigenvalue weighted by atomic mass is 9.89. The summed E-state index contributed by atoms with van der Waals surface area (Å²) in [5.74, 6) is -4.40. The number of rotatable bonds is 13. The van der Waals surface area contributed by atoms with E-state index >= 15 is 0 Å². The number of carbonyl (C=O) groups is 6.